The fourth-order valence-electron chi connectivity index (χ4n) is 3.27. The van der Waals surface area contributed by atoms with Gasteiger partial charge < -0.3 is 9.42 Å². The van der Waals surface area contributed by atoms with E-state index in [1.807, 2.05) is 18.7 Å². The average molecular weight is 291 g/mol. The molecule has 0 radical (unpaired) electrons. The van der Waals surface area contributed by atoms with Crippen molar-refractivity contribution in [3.8, 4) is 0 Å². The zero-order valence-corrected chi connectivity index (χ0v) is 13.0. The van der Waals surface area contributed by atoms with Gasteiger partial charge in [-0.2, -0.15) is 4.98 Å². The van der Waals surface area contributed by atoms with Crippen LogP contribution in [0.3, 0.4) is 0 Å². The molecule has 116 valence electrons. The highest BCUT2D eigenvalue weighted by Crippen LogP contribution is 2.31. The summed E-state index contributed by atoms with van der Waals surface area (Å²) in [5.74, 6) is 3.05. The van der Waals surface area contributed by atoms with Gasteiger partial charge in [-0.15, -0.1) is 0 Å². The summed E-state index contributed by atoms with van der Waals surface area (Å²) in [7, 11) is 0. The van der Waals surface area contributed by atoms with Crippen LogP contribution in [-0.2, 0) is 4.79 Å². The maximum absolute atomic E-state index is 12.1. The first-order chi connectivity index (χ1) is 10.1. The number of carbonyl (C=O) groups excluding carboxylic acids is 1. The second-order valence-electron chi connectivity index (χ2n) is 6.83. The van der Waals surface area contributed by atoms with Crippen molar-refractivity contribution in [1.82, 2.24) is 15.0 Å². The number of carbonyl (C=O) groups is 1. The van der Waals surface area contributed by atoms with Crippen LogP contribution in [0.2, 0.25) is 0 Å². The van der Waals surface area contributed by atoms with Crippen LogP contribution in [0, 0.1) is 5.92 Å². The number of likely N-dealkylation sites (tertiary alicyclic amines) is 1. The number of aromatic nitrogens is 2. The van der Waals surface area contributed by atoms with Crippen LogP contribution in [0.1, 0.15) is 75.9 Å². The van der Waals surface area contributed by atoms with Crippen LogP contribution in [0.5, 0.6) is 0 Å². The van der Waals surface area contributed by atoms with Crippen molar-refractivity contribution in [3.63, 3.8) is 0 Å². The molecule has 1 saturated heterocycles. The lowest BCUT2D eigenvalue weighted by Gasteiger charge is -2.37. The molecule has 0 bridgehead atoms. The highest BCUT2D eigenvalue weighted by molar-refractivity contribution is 5.77. The Morgan fingerprint density at radius 3 is 2.67 bits per heavy atom. The normalized spacial score (nSPS) is 20.2. The summed E-state index contributed by atoms with van der Waals surface area (Å²) in [4.78, 5) is 18.5. The van der Waals surface area contributed by atoms with Gasteiger partial charge in [-0.25, -0.2) is 0 Å². The molecule has 3 rings (SSSR count). The molecular weight excluding hydrogens is 266 g/mol. The smallest absolute Gasteiger partial charge is 0.233 e. The lowest BCUT2D eigenvalue weighted by Crippen LogP contribution is -2.48. The Labute approximate surface area is 126 Å². The molecule has 0 N–H and O–H groups in total. The Morgan fingerprint density at radius 2 is 2.05 bits per heavy atom. The van der Waals surface area contributed by atoms with Gasteiger partial charge in [0.05, 0.1) is 5.92 Å². The van der Waals surface area contributed by atoms with Gasteiger partial charge in [0.2, 0.25) is 11.8 Å². The molecule has 5 nitrogen and oxygen atoms in total. The minimum Gasteiger partial charge on any atom is -0.341 e. The van der Waals surface area contributed by atoms with Gasteiger partial charge in [-0.1, -0.05) is 44.7 Å². The Hall–Kier alpha value is -1.39. The first-order valence-corrected chi connectivity index (χ1v) is 8.24. The van der Waals surface area contributed by atoms with Gasteiger partial charge in [0, 0.05) is 25.4 Å². The van der Waals surface area contributed by atoms with Crippen molar-refractivity contribution in [2.45, 2.75) is 64.2 Å². The van der Waals surface area contributed by atoms with Crippen molar-refractivity contribution in [3.05, 3.63) is 11.7 Å². The van der Waals surface area contributed by atoms with Crippen LogP contribution in [0.15, 0.2) is 4.52 Å². The number of nitrogens with zero attached hydrogens (tertiary/aromatic N) is 3. The molecular formula is C16H25N3O2. The van der Waals surface area contributed by atoms with Gasteiger partial charge in [-0.05, 0) is 12.3 Å². The summed E-state index contributed by atoms with van der Waals surface area (Å²) >= 11 is 0. The van der Waals surface area contributed by atoms with Gasteiger partial charge in [0.1, 0.15) is 0 Å². The van der Waals surface area contributed by atoms with Crippen LogP contribution >= 0.6 is 0 Å². The monoisotopic (exact) mass is 291 g/mol. The van der Waals surface area contributed by atoms with E-state index < -0.39 is 0 Å². The minimum atomic E-state index is 0.237. The molecule has 2 aliphatic rings. The molecule has 1 amide bonds. The third kappa shape index (κ3) is 3.27. The zero-order valence-electron chi connectivity index (χ0n) is 13.0. The molecule has 1 aliphatic carbocycles. The number of rotatable bonds is 5. The lowest BCUT2D eigenvalue weighted by molar-refractivity contribution is -0.136. The van der Waals surface area contributed by atoms with Crippen molar-refractivity contribution >= 4 is 5.91 Å². The minimum absolute atomic E-state index is 0.237. The van der Waals surface area contributed by atoms with Gasteiger partial charge in [-0.3, -0.25) is 4.79 Å². The molecule has 0 atom stereocenters. The molecule has 0 unspecified atom stereocenters. The molecule has 1 aromatic heterocycles. The summed E-state index contributed by atoms with van der Waals surface area (Å²) in [6.45, 7) is 5.58. The maximum atomic E-state index is 12.1. The van der Waals surface area contributed by atoms with Crippen molar-refractivity contribution in [2.24, 2.45) is 5.92 Å². The standard InChI is InChI=1S/C16H25N3O2/c1-11(2)15-17-16(21-18-15)13-9-19(10-13)14(20)8-7-12-5-3-4-6-12/h11-13H,3-10H2,1-2H3. The molecule has 2 fully saturated rings. The fraction of sp³-hybridized carbons (Fsp3) is 0.812. The van der Waals surface area contributed by atoms with Crippen LogP contribution in [0.4, 0.5) is 0 Å². The first-order valence-electron chi connectivity index (χ1n) is 8.24. The SMILES string of the molecule is CC(C)c1noc(C2CN(C(=O)CCC3CCCC3)C2)n1. The van der Waals surface area contributed by atoms with Crippen molar-refractivity contribution < 1.29 is 9.32 Å². The first kappa shape index (κ1) is 14.5. The number of amides is 1. The Morgan fingerprint density at radius 1 is 1.33 bits per heavy atom. The van der Waals surface area contributed by atoms with E-state index in [4.69, 9.17) is 4.52 Å². The maximum Gasteiger partial charge on any atom is 0.233 e. The van der Waals surface area contributed by atoms with Gasteiger partial charge >= 0.3 is 0 Å². The predicted octanol–water partition coefficient (Wildman–Crippen LogP) is 3.09. The summed E-state index contributed by atoms with van der Waals surface area (Å²) in [5.41, 5.74) is 0. The van der Waals surface area contributed by atoms with Crippen molar-refractivity contribution in [2.75, 3.05) is 13.1 Å². The molecule has 5 heteroatoms. The van der Waals surface area contributed by atoms with E-state index in [1.54, 1.807) is 0 Å². The fourth-order valence-corrected chi connectivity index (χ4v) is 3.27. The Kier molecular flexibility index (Phi) is 4.27. The van der Waals surface area contributed by atoms with Crippen LogP contribution < -0.4 is 0 Å². The quantitative estimate of drug-likeness (QED) is 0.836. The van der Waals surface area contributed by atoms with E-state index >= 15 is 0 Å². The Balaban J connectivity index is 1.42. The third-order valence-electron chi connectivity index (χ3n) is 4.80. The van der Waals surface area contributed by atoms with Crippen LogP contribution in [-0.4, -0.2) is 34.0 Å². The molecule has 21 heavy (non-hydrogen) atoms. The summed E-state index contributed by atoms with van der Waals surface area (Å²) in [5, 5.41) is 3.99. The van der Waals surface area contributed by atoms with Gasteiger partial charge in [0.25, 0.3) is 0 Å². The van der Waals surface area contributed by atoms with Crippen LogP contribution in [0.25, 0.3) is 0 Å². The molecule has 1 aliphatic heterocycles. The van der Waals surface area contributed by atoms with E-state index in [1.165, 1.54) is 25.7 Å². The molecule has 0 aromatic carbocycles. The predicted molar refractivity (Wildman–Crippen MR) is 78.9 cm³/mol. The topological polar surface area (TPSA) is 59.2 Å². The second-order valence-corrected chi connectivity index (χ2v) is 6.83. The largest absolute Gasteiger partial charge is 0.341 e. The summed E-state index contributed by atoms with van der Waals surface area (Å²) in [6, 6.07) is 0. The van der Waals surface area contributed by atoms with E-state index in [0.717, 1.165) is 31.3 Å². The molecule has 1 saturated carbocycles. The van der Waals surface area contributed by atoms with E-state index in [0.29, 0.717) is 18.2 Å². The molecule has 0 spiro atoms. The highest BCUT2D eigenvalue weighted by Gasteiger charge is 2.35. The third-order valence-corrected chi connectivity index (χ3v) is 4.80. The highest BCUT2D eigenvalue weighted by atomic mass is 16.5. The lowest BCUT2D eigenvalue weighted by atomic mass is 9.97. The second kappa shape index (κ2) is 6.16. The number of hydrogen-bond donors (Lipinski definition) is 0. The van der Waals surface area contributed by atoms with Crippen molar-refractivity contribution in [1.29, 1.82) is 0 Å². The zero-order chi connectivity index (χ0) is 14.8. The van der Waals surface area contributed by atoms with Gasteiger partial charge in [0.15, 0.2) is 5.82 Å². The van der Waals surface area contributed by atoms with E-state index in [2.05, 4.69) is 10.1 Å². The van der Waals surface area contributed by atoms with E-state index in [-0.39, 0.29) is 11.8 Å². The number of hydrogen-bond acceptors (Lipinski definition) is 4. The van der Waals surface area contributed by atoms with E-state index in [9.17, 15) is 4.79 Å². The molecule has 2 heterocycles. The molecule has 1 aromatic rings. The average Bonchev–Trinajstić information content (AvgIpc) is 3.06. The summed E-state index contributed by atoms with van der Waals surface area (Å²) < 4.78 is 5.30. The summed E-state index contributed by atoms with van der Waals surface area (Å²) in [6.07, 6.45) is 7.10. The Bertz CT molecular complexity index is 485.